The first-order chi connectivity index (χ1) is 14.5. The van der Waals surface area contributed by atoms with Crippen molar-refractivity contribution < 1.29 is 24.3 Å². The van der Waals surface area contributed by atoms with Crippen LogP contribution in [0.2, 0.25) is 0 Å². The van der Waals surface area contributed by atoms with Gasteiger partial charge in [0.25, 0.3) is 5.91 Å². The zero-order valence-corrected chi connectivity index (χ0v) is 17.7. The number of hydrogen-bond donors (Lipinski definition) is 3. The second-order valence-electron chi connectivity index (χ2n) is 8.63. The first-order valence-corrected chi connectivity index (χ1v) is 11.1. The quantitative estimate of drug-likeness (QED) is 0.545. The molecule has 0 radical (unpaired) electrons. The van der Waals surface area contributed by atoms with Crippen LogP contribution in [0.4, 0.5) is 10.5 Å². The number of carbonyl (C=O) groups excluding carboxylic acids is 2. The topological polar surface area (TPSA) is 86.6 Å². The van der Waals surface area contributed by atoms with Crippen LogP contribution in [0.5, 0.6) is 5.75 Å². The van der Waals surface area contributed by atoms with Gasteiger partial charge in [-0.1, -0.05) is 25.0 Å². The molecule has 8 nitrogen and oxygen atoms in total. The van der Waals surface area contributed by atoms with Crippen molar-refractivity contribution in [1.82, 2.24) is 10.2 Å². The van der Waals surface area contributed by atoms with E-state index in [0.717, 1.165) is 50.5 Å². The van der Waals surface area contributed by atoms with Crippen molar-refractivity contribution in [2.75, 3.05) is 50.8 Å². The largest absolute Gasteiger partial charge is 0.492 e. The number of urea groups is 1. The van der Waals surface area contributed by atoms with E-state index >= 15 is 0 Å². The molecule has 3 fully saturated rings. The van der Waals surface area contributed by atoms with Crippen LogP contribution in [-0.4, -0.2) is 79.5 Å². The average molecular weight is 418 g/mol. The zero-order chi connectivity index (χ0) is 21.1. The van der Waals surface area contributed by atoms with Crippen LogP contribution in [0.15, 0.2) is 24.3 Å². The minimum Gasteiger partial charge on any atom is -0.492 e. The maximum Gasteiger partial charge on any atom is 0.325 e. The van der Waals surface area contributed by atoms with Crippen molar-refractivity contribution in [3.8, 4) is 5.75 Å². The summed E-state index contributed by atoms with van der Waals surface area (Å²) in [5, 5.41) is 13.5. The Labute approximate surface area is 177 Å². The summed E-state index contributed by atoms with van der Waals surface area (Å²) in [6.45, 7) is 6.76. The lowest BCUT2D eigenvalue weighted by Gasteiger charge is -2.35. The number of para-hydroxylation sites is 2. The third-order valence-electron chi connectivity index (χ3n) is 6.60. The van der Waals surface area contributed by atoms with Gasteiger partial charge in [-0.15, -0.1) is 0 Å². The van der Waals surface area contributed by atoms with Gasteiger partial charge in [0.2, 0.25) is 0 Å². The number of aliphatic hydroxyl groups excluding tert-OH is 1. The third-order valence-corrected chi connectivity index (χ3v) is 6.60. The fourth-order valence-electron chi connectivity index (χ4n) is 5.03. The molecule has 2 saturated heterocycles. The molecule has 1 atom stereocenters. The van der Waals surface area contributed by atoms with E-state index in [4.69, 9.17) is 4.74 Å². The van der Waals surface area contributed by atoms with E-state index in [2.05, 4.69) is 16.3 Å². The lowest BCUT2D eigenvalue weighted by molar-refractivity contribution is -0.903. The van der Waals surface area contributed by atoms with Gasteiger partial charge >= 0.3 is 6.03 Å². The molecule has 1 aromatic rings. The minimum absolute atomic E-state index is 0.0762. The van der Waals surface area contributed by atoms with Gasteiger partial charge in [-0.05, 0) is 31.9 Å². The number of piperazine rings is 1. The first-order valence-electron chi connectivity index (χ1n) is 11.1. The highest BCUT2D eigenvalue weighted by atomic mass is 16.5. The number of ether oxygens (including phenoxy) is 1. The lowest BCUT2D eigenvalue weighted by Crippen LogP contribution is -3.16. The Balaban J connectivity index is 1.28. The summed E-state index contributed by atoms with van der Waals surface area (Å²) in [5.74, 6) is 0.749. The maximum atomic E-state index is 12.8. The van der Waals surface area contributed by atoms with Gasteiger partial charge < -0.3 is 25.0 Å². The Bertz CT molecular complexity index is 772. The Morgan fingerprint density at radius 3 is 2.60 bits per heavy atom. The molecule has 0 bridgehead atoms. The summed E-state index contributed by atoms with van der Waals surface area (Å²) in [5.41, 5.74) is 0.406. The van der Waals surface area contributed by atoms with Crippen molar-refractivity contribution in [2.45, 2.75) is 44.2 Å². The van der Waals surface area contributed by atoms with Gasteiger partial charge in [0, 0.05) is 0 Å². The van der Waals surface area contributed by atoms with Gasteiger partial charge in [0.15, 0.2) is 0 Å². The Morgan fingerprint density at radius 2 is 1.90 bits per heavy atom. The molecule has 0 unspecified atom stereocenters. The second kappa shape index (κ2) is 8.81. The van der Waals surface area contributed by atoms with Crippen molar-refractivity contribution in [1.29, 1.82) is 0 Å². The average Bonchev–Trinajstić information content (AvgIpc) is 3.30. The molecular weight excluding hydrogens is 384 g/mol. The van der Waals surface area contributed by atoms with E-state index in [1.807, 2.05) is 25.1 Å². The summed E-state index contributed by atoms with van der Waals surface area (Å²) >= 11 is 0. The van der Waals surface area contributed by atoms with Crippen LogP contribution in [0, 0.1) is 0 Å². The second-order valence-corrected chi connectivity index (χ2v) is 8.63. The number of nitrogens with zero attached hydrogens (tertiary/aromatic N) is 2. The van der Waals surface area contributed by atoms with E-state index in [0.29, 0.717) is 26.0 Å². The smallest absolute Gasteiger partial charge is 0.325 e. The van der Waals surface area contributed by atoms with Crippen molar-refractivity contribution >= 4 is 17.6 Å². The van der Waals surface area contributed by atoms with Crippen LogP contribution in [0.3, 0.4) is 0 Å². The Morgan fingerprint density at radius 1 is 1.20 bits per heavy atom. The van der Waals surface area contributed by atoms with Crippen LogP contribution in [-0.2, 0) is 4.79 Å². The Hall–Kier alpha value is -2.32. The number of amides is 3. The Kier molecular flexibility index (Phi) is 6.15. The fourth-order valence-corrected chi connectivity index (χ4v) is 5.03. The van der Waals surface area contributed by atoms with E-state index in [9.17, 15) is 14.7 Å². The fraction of sp³-hybridized carbons (Fsp3) is 0.636. The molecule has 1 aliphatic carbocycles. The van der Waals surface area contributed by atoms with Crippen molar-refractivity contribution in [2.24, 2.45) is 0 Å². The molecule has 1 aromatic carbocycles. The number of imide groups is 1. The maximum absolute atomic E-state index is 12.8. The van der Waals surface area contributed by atoms with Crippen molar-refractivity contribution in [3.63, 3.8) is 0 Å². The first kappa shape index (κ1) is 20.9. The number of anilines is 1. The predicted molar refractivity (Wildman–Crippen MR) is 113 cm³/mol. The molecule has 2 aliphatic heterocycles. The van der Waals surface area contributed by atoms with Gasteiger partial charge in [0.05, 0.1) is 45.0 Å². The molecule has 1 saturated carbocycles. The van der Waals surface area contributed by atoms with Crippen LogP contribution in [0.25, 0.3) is 0 Å². The number of benzene rings is 1. The summed E-state index contributed by atoms with van der Waals surface area (Å²) < 4.78 is 5.75. The molecule has 30 heavy (non-hydrogen) atoms. The molecule has 164 valence electrons. The highest BCUT2D eigenvalue weighted by Gasteiger charge is 2.52. The number of nitrogens with one attached hydrogen (secondary N) is 2. The standard InChI is InChI=1S/C22H32N4O4/c1-2-30-19-8-4-3-7-18(19)25-13-11-24(12-14-25)15-17(27)16-26-20(28)22(23-21(26)29)9-5-6-10-22/h3-4,7-8,17,27H,2,5-6,9-16H2,1H3,(H,23,29)/p+1/t17-/m1/s1. The van der Waals surface area contributed by atoms with Gasteiger partial charge in [-0.25, -0.2) is 4.79 Å². The summed E-state index contributed by atoms with van der Waals surface area (Å²) in [4.78, 5) is 29.9. The van der Waals surface area contributed by atoms with Gasteiger partial charge in [0.1, 0.15) is 23.9 Å². The van der Waals surface area contributed by atoms with E-state index in [-0.39, 0.29) is 18.5 Å². The lowest BCUT2D eigenvalue weighted by atomic mass is 9.98. The molecule has 3 aliphatic rings. The monoisotopic (exact) mass is 417 g/mol. The molecule has 3 N–H and O–H groups in total. The highest BCUT2D eigenvalue weighted by Crippen LogP contribution is 2.35. The molecule has 3 amide bonds. The minimum atomic E-state index is -0.714. The normalized spacial score (nSPS) is 22.6. The number of rotatable bonds is 7. The molecule has 8 heteroatoms. The highest BCUT2D eigenvalue weighted by molar-refractivity contribution is 6.07. The van der Waals surface area contributed by atoms with Gasteiger partial charge in [-0.2, -0.15) is 0 Å². The van der Waals surface area contributed by atoms with Crippen LogP contribution in [0.1, 0.15) is 32.6 Å². The number of quaternary nitrogens is 1. The number of aliphatic hydroxyl groups is 1. The molecular formula is C22H33N4O4+. The van der Waals surface area contributed by atoms with Crippen molar-refractivity contribution in [3.05, 3.63) is 24.3 Å². The zero-order valence-electron chi connectivity index (χ0n) is 17.7. The predicted octanol–water partition coefficient (Wildman–Crippen LogP) is 0.0157. The SMILES string of the molecule is CCOc1ccccc1N1CC[NH+](C[C@@H](O)CN2C(=O)NC3(CCCC3)C2=O)CC1. The number of β-amino-alcohol motifs (C(OH)–C–C–N with tert-alkyl or cyclic N) is 1. The van der Waals surface area contributed by atoms with E-state index in [1.165, 1.54) is 9.80 Å². The van der Waals surface area contributed by atoms with Crippen LogP contribution < -0.4 is 19.9 Å². The van der Waals surface area contributed by atoms with E-state index < -0.39 is 11.6 Å². The number of carbonyl (C=O) groups is 2. The molecule has 2 heterocycles. The van der Waals surface area contributed by atoms with Gasteiger partial charge in [-0.3, -0.25) is 9.69 Å². The molecule has 4 rings (SSSR count). The number of hydrogen-bond acceptors (Lipinski definition) is 5. The summed E-state index contributed by atoms with van der Waals surface area (Å²) in [7, 11) is 0. The summed E-state index contributed by atoms with van der Waals surface area (Å²) in [6.07, 6.45) is 2.63. The van der Waals surface area contributed by atoms with Crippen LogP contribution >= 0.6 is 0 Å². The molecule has 1 spiro atoms. The third kappa shape index (κ3) is 4.11. The van der Waals surface area contributed by atoms with E-state index in [1.54, 1.807) is 0 Å². The molecule has 0 aromatic heterocycles. The summed E-state index contributed by atoms with van der Waals surface area (Å²) in [6, 6.07) is 7.74.